The quantitative estimate of drug-likeness (QED) is 0.545. The van der Waals surface area contributed by atoms with Gasteiger partial charge in [0, 0.05) is 10.6 Å². The van der Waals surface area contributed by atoms with Crippen LogP contribution < -0.4 is 10.3 Å². The van der Waals surface area contributed by atoms with Gasteiger partial charge in [0.1, 0.15) is 0 Å². The minimum absolute atomic E-state index is 0.0660. The van der Waals surface area contributed by atoms with E-state index in [-0.39, 0.29) is 18.4 Å². The van der Waals surface area contributed by atoms with E-state index in [0.29, 0.717) is 10.6 Å². The van der Waals surface area contributed by atoms with Crippen molar-refractivity contribution in [2.45, 2.75) is 6.61 Å². The maximum absolute atomic E-state index is 11.4. The second-order valence-electron chi connectivity index (χ2n) is 4.44. The number of rotatable bonds is 5. The number of ether oxygens (including phenoxy) is 1. The molecule has 122 valence electrons. The van der Waals surface area contributed by atoms with Crippen molar-refractivity contribution in [1.82, 2.24) is 20.2 Å². The normalized spacial score (nSPS) is 10.5. The fourth-order valence-electron chi connectivity index (χ4n) is 1.79. The standard InChI is InChI=1S/C13H8ClN5O5/c14-8-3-1-7(2-4-8)12-18-17-9(24-12)5-23-13-10(19(21)22)11(20)15-6-16-13/h1-4,6H,5H2,(H,15,16,20). The average molecular weight is 350 g/mol. The van der Waals surface area contributed by atoms with Crippen LogP contribution >= 0.6 is 11.6 Å². The summed E-state index contributed by atoms with van der Waals surface area (Å²) in [6, 6.07) is 6.73. The molecule has 0 saturated heterocycles. The van der Waals surface area contributed by atoms with E-state index in [0.717, 1.165) is 6.33 Å². The van der Waals surface area contributed by atoms with Gasteiger partial charge in [-0.2, -0.15) is 4.98 Å². The molecule has 0 fully saturated rings. The second kappa shape index (κ2) is 6.46. The Kier molecular flexibility index (Phi) is 4.20. The van der Waals surface area contributed by atoms with E-state index in [2.05, 4.69) is 20.2 Å². The third kappa shape index (κ3) is 3.22. The number of nitro groups is 1. The highest BCUT2D eigenvalue weighted by molar-refractivity contribution is 6.30. The van der Waals surface area contributed by atoms with Crippen molar-refractivity contribution >= 4 is 17.3 Å². The van der Waals surface area contributed by atoms with Crippen LogP contribution in [0.4, 0.5) is 5.69 Å². The summed E-state index contributed by atoms with van der Waals surface area (Å²) in [4.78, 5) is 27.1. The largest absolute Gasteiger partial charge is 0.463 e. The number of hydrogen-bond acceptors (Lipinski definition) is 8. The molecule has 2 heterocycles. The Morgan fingerprint density at radius 2 is 2.04 bits per heavy atom. The third-order valence-electron chi connectivity index (χ3n) is 2.87. The van der Waals surface area contributed by atoms with Gasteiger partial charge in [0.05, 0.1) is 11.3 Å². The first kappa shape index (κ1) is 15.6. The molecule has 0 bridgehead atoms. The molecule has 0 aliphatic rings. The topological polar surface area (TPSA) is 137 Å². The van der Waals surface area contributed by atoms with Crippen LogP contribution in [-0.2, 0) is 6.61 Å². The highest BCUT2D eigenvalue weighted by atomic mass is 35.5. The van der Waals surface area contributed by atoms with Crippen molar-refractivity contribution in [2.75, 3.05) is 0 Å². The van der Waals surface area contributed by atoms with Gasteiger partial charge in [-0.25, -0.2) is 0 Å². The van der Waals surface area contributed by atoms with Crippen molar-refractivity contribution in [3.05, 3.63) is 62.0 Å². The van der Waals surface area contributed by atoms with Crippen LogP contribution in [0.3, 0.4) is 0 Å². The predicted molar refractivity (Wildman–Crippen MR) is 80.6 cm³/mol. The summed E-state index contributed by atoms with van der Waals surface area (Å²) >= 11 is 5.80. The fraction of sp³-hybridized carbons (Fsp3) is 0.0769. The number of aromatic nitrogens is 4. The molecular weight excluding hydrogens is 342 g/mol. The van der Waals surface area contributed by atoms with Gasteiger partial charge in [0.15, 0.2) is 6.61 Å². The van der Waals surface area contributed by atoms with Crippen LogP contribution in [0.5, 0.6) is 5.88 Å². The zero-order valence-corrected chi connectivity index (χ0v) is 12.6. The van der Waals surface area contributed by atoms with Crippen LogP contribution in [0, 0.1) is 10.1 Å². The monoisotopic (exact) mass is 349 g/mol. The molecule has 2 aromatic heterocycles. The van der Waals surface area contributed by atoms with E-state index in [1.807, 2.05) is 0 Å². The lowest BCUT2D eigenvalue weighted by Gasteiger charge is -2.01. The van der Waals surface area contributed by atoms with Gasteiger partial charge < -0.3 is 14.1 Å². The highest BCUT2D eigenvalue weighted by Crippen LogP contribution is 2.22. The first-order valence-corrected chi connectivity index (χ1v) is 6.85. The summed E-state index contributed by atoms with van der Waals surface area (Å²) in [5.74, 6) is -0.134. The summed E-state index contributed by atoms with van der Waals surface area (Å²) in [6.07, 6.45) is 0.998. The van der Waals surface area contributed by atoms with Crippen molar-refractivity contribution < 1.29 is 14.1 Å². The van der Waals surface area contributed by atoms with Crippen LogP contribution in [0.25, 0.3) is 11.5 Å². The number of nitrogens with one attached hydrogen (secondary N) is 1. The van der Waals surface area contributed by atoms with Crippen LogP contribution in [0.2, 0.25) is 5.02 Å². The summed E-state index contributed by atoms with van der Waals surface area (Å²) in [5.41, 5.74) is -1.06. The second-order valence-corrected chi connectivity index (χ2v) is 4.88. The number of H-pyrrole nitrogens is 1. The molecular formula is C13H8ClN5O5. The molecule has 1 aromatic carbocycles. The SMILES string of the molecule is O=c1[nH]cnc(OCc2nnc(-c3ccc(Cl)cc3)o2)c1[N+](=O)[O-]. The van der Waals surface area contributed by atoms with Gasteiger partial charge >= 0.3 is 17.1 Å². The van der Waals surface area contributed by atoms with Gasteiger partial charge in [-0.05, 0) is 24.3 Å². The van der Waals surface area contributed by atoms with Gasteiger partial charge in [0.25, 0.3) is 5.89 Å². The smallest absolute Gasteiger partial charge is 0.395 e. The van der Waals surface area contributed by atoms with Crippen LogP contribution in [-0.4, -0.2) is 25.1 Å². The Morgan fingerprint density at radius 3 is 2.75 bits per heavy atom. The molecule has 1 N–H and O–H groups in total. The Balaban J connectivity index is 1.77. The molecule has 0 unspecified atom stereocenters. The lowest BCUT2D eigenvalue weighted by Crippen LogP contribution is -2.14. The Hall–Kier alpha value is -3.27. The van der Waals surface area contributed by atoms with Crippen molar-refractivity contribution in [3.63, 3.8) is 0 Å². The first-order valence-electron chi connectivity index (χ1n) is 6.48. The molecule has 3 aromatic rings. The summed E-state index contributed by atoms with van der Waals surface area (Å²) < 4.78 is 10.5. The summed E-state index contributed by atoms with van der Waals surface area (Å²) in [5, 5.41) is 19.0. The summed E-state index contributed by atoms with van der Waals surface area (Å²) in [6.45, 7) is -0.280. The van der Waals surface area contributed by atoms with Crippen LogP contribution in [0.1, 0.15) is 5.89 Å². The van der Waals surface area contributed by atoms with E-state index in [4.69, 9.17) is 20.8 Å². The minimum Gasteiger partial charge on any atom is -0.463 e. The fourth-order valence-corrected chi connectivity index (χ4v) is 1.92. The summed E-state index contributed by atoms with van der Waals surface area (Å²) in [7, 11) is 0. The molecule has 0 radical (unpaired) electrons. The van der Waals surface area contributed by atoms with E-state index in [1.54, 1.807) is 24.3 Å². The Labute approximate surface area is 138 Å². The zero-order valence-electron chi connectivity index (χ0n) is 11.8. The number of aromatic amines is 1. The molecule has 11 heteroatoms. The molecule has 10 nitrogen and oxygen atoms in total. The highest BCUT2D eigenvalue weighted by Gasteiger charge is 2.22. The van der Waals surface area contributed by atoms with E-state index in [9.17, 15) is 14.9 Å². The Morgan fingerprint density at radius 1 is 1.29 bits per heavy atom. The predicted octanol–water partition coefficient (Wildman–Crippen LogP) is 1.96. The number of nitrogens with zero attached hydrogens (tertiary/aromatic N) is 4. The molecule has 0 saturated carbocycles. The molecule has 0 atom stereocenters. The lowest BCUT2D eigenvalue weighted by atomic mass is 10.2. The van der Waals surface area contributed by atoms with Crippen molar-refractivity contribution in [1.29, 1.82) is 0 Å². The lowest BCUT2D eigenvalue weighted by molar-refractivity contribution is -0.387. The number of hydrogen-bond donors (Lipinski definition) is 1. The molecule has 0 spiro atoms. The molecule has 3 rings (SSSR count). The van der Waals surface area contributed by atoms with Gasteiger partial charge in [-0.15, -0.1) is 10.2 Å². The molecule has 0 amide bonds. The molecule has 24 heavy (non-hydrogen) atoms. The van der Waals surface area contributed by atoms with Crippen LogP contribution in [0.15, 0.2) is 39.8 Å². The van der Waals surface area contributed by atoms with Gasteiger partial charge in [-0.3, -0.25) is 14.9 Å². The van der Waals surface area contributed by atoms with Gasteiger partial charge in [-0.1, -0.05) is 11.6 Å². The number of benzene rings is 1. The number of halogens is 1. The molecule has 0 aliphatic heterocycles. The molecule has 0 aliphatic carbocycles. The van der Waals surface area contributed by atoms with E-state index >= 15 is 0 Å². The van der Waals surface area contributed by atoms with Crippen molar-refractivity contribution in [2.24, 2.45) is 0 Å². The zero-order chi connectivity index (χ0) is 17.1. The Bertz CT molecular complexity index is 936. The third-order valence-corrected chi connectivity index (χ3v) is 3.12. The van der Waals surface area contributed by atoms with E-state index < -0.39 is 22.0 Å². The van der Waals surface area contributed by atoms with Gasteiger partial charge in [0.2, 0.25) is 5.89 Å². The first-order chi connectivity index (χ1) is 11.5. The minimum atomic E-state index is -0.919. The van der Waals surface area contributed by atoms with Crippen molar-refractivity contribution in [3.8, 4) is 17.3 Å². The maximum Gasteiger partial charge on any atom is 0.395 e. The van der Waals surface area contributed by atoms with E-state index in [1.165, 1.54) is 0 Å². The average Bonchev–Trinajstić information content (AvgIpc) is 3.02. The maximum atomic E-state index is 11.4.